The lowest BCUT2D eigenvalue weighted by atomic mass is 9.95. The van der Waals surface area contributed by atoms with Crippen molar-refractivity contribution in [2.24, 2.45) is 5.92 Å². The number of nitrogens with one attached hydrogen (secondary N) is 1. The van der Waals surface area contributed by atoms with E-state index in [1.807, 2.05) is 32.9 Å². The van der Waals surface area contributed by atoms with Crippen molar-refractivity contribution < 1.29 is 14.0 Å². The molecule has 2 amide bonds. The number of nitrogens with zero attached hydrogens (tertiary/aromatic N) is 1. The minimum atomic E-state index is -0.481. The summed E-state index contributed by atoms with van der Waals surface area (Å²) in [6.45, 7) is 7.70. The maximum atomic E-state index is 13.8. The number of amides is 2. The summed E-state index contributed by atoms with van der Waals surface area (Å²) in [6, 6.07) is 10.1. The smallest absolute Gasteiger partial charge is 0.256 e. The summed E-state index contributed by atoms with van der Waals surface area (Å²) in [5, 5.41) is 3.05. The molecule has 0 aromatic heterocycles. The highest BCUT2D eigenvalue weighted by Gasteiger charge is 2.25. The number of carbonyl (C=O) groups is 2. The number of likely N-dealkylation sites (tertiary alicyclic amines) is 1. The van der Waals surface area contributed by atoms with Gasteiger partial charge in [0.05, 0.1) is 5.56 Å². The Morgan fingerprint density at radius 2 is 1.68 bits per heavy atom. The Balaban J connectivity index is 1.53. The highest BCUT2D eigenvalue weighted by atomic mass is 19.1. The minimum absolute atomic E-state index is 0.0418. The van der Waals surface area contributed by atoms with Crippen LogP contribution in [-0.4, -0.2) is 36.3 Å². The van der Waals surface area contributed by atoms with Gasteiger partial charge in [-0.1, -0.05) is 29.8 Å². The second-order valence-corrected chi connectivity index (χ2v) is 7.70. The topological polar surface area (TPSA) is 49.4 Å². The van der Waals surface area contributed by atoms with Crippen LogP contribution in [0.15, 0.2) is 36.4 Å². The number of carbonyl (C=O) groups excluding carboxylic acids is 2. The third kappa shape index (κ3) is 4.41. The van der Waals surface area contributed by atoms with Crippen LogP contribution in [0.4, 0.5) is 4.39 Å². The van der Waals surface area contributed by atoms with E-state index in [9.17, 15) is 14.0 Å². The fraction of sp³-hybridized carbons (Fsp3) is 0.391. The molecule has 1 heterocycles. The lowest BCUT2D eigenvalue weighted by Crippen LogP contribution is -2.42. The molecule has 0 aliphatic carbocycles. The lowest BCUT2D eigenvalue weighted by Gasteiger charge is -2.32. The van der Waals surface area contributed by atoms with Crippen LogP contribution in [0.5, 0.6) is 0 Å². The van der Waals surface area contributed by atoms with Crippen LogP contribution in [0.1, 0.15) is 50.2 Å². The normalized spacial score (nSPS) is 14.8. The highest BCUT2D eigenvalue weighted by molar-refractivity contribution is 5.97. The zero-order valence-electron chi connectivity index (χ0n) is 16.7. The Morgan fingerprint density at radius 3 is 2.29 bits per heavy atom. The molecule has 5 heteroatoms. The van der Waals surface area contributed by atoms with E-state index in [4.69, 9.17) is 0 Å². The number of benzene rings is 2. The van der Waals surface area contributed by atoms with E-state index in [0.717, 1.165) is 35.1 Å². The standard InChI is InChI=1S/C23H27FN2O2/c1-15-12-16(2)21(17(3)13-15)22(27)25-14-18-8-10-26(11-9-18)23(28)19-6-4-5-7-20(19)24/h4-7,12-13,18H,8-11,14H2,1-3H3,(H,25,27). The van der Waals surface area contributed by atoms with Gasteiger partial charge in [-0.2, -0.15) is 0 Å². The van der Waals surface area contributed by atoms with Gasteiger partial charge in [-0.3, -0.25) is 9.59 Å². The van der Waals surface area contributed by atoms with E-state index in [-0.39, 0.29) is 17.4 Å². The van der Waals surface area contributed by atoms with Crippen LogP contribution in [-0.2, 0) is 0 Å². The Bertz CT molecular complexity index is 863. The maximum absolute atomic E-state index is 13.8. The summed E-state index contributed by atoms with van der Waals surface area (Å²) in [6.07, 6.45) is 1.60. The van der Waals surface area contributed by atoms with Crippen molar-refractivity contribution in [1.82, 2.24) is 10.2 Å². The third-order valence-electron chi connectivity index (χ3n) is 5.46. The molecule has 2 aromatic rings. The average molecular weight is 382 g/mol. The molecule has 28 heavy (non-hydrogen) atoms. The maximum Gasteiger partial charge on any atom is 0.256 e. The first kappa shape index (κ1) is 20.1. The van der Waals surface area contributed by atoms with Gasteiger partial charge in [0.25, 0.3) is 11.8 Å². The van der Waals surface area contributed by atoms with Crippen molar-refractivity contribution in [2.45, 2.75) is 33.6 Å². The predicted octanol–water partition coefficient (Wildman–Crippen LogP) is 4.03. The van der Waals surface area contributed by atoms with Gasteiger partial charge >= 0.3 is 0 Å². The van der Waals surface area contributed by atoms with Gasteiger partial charge in [-0.25, -0.2) is 4.39 Å². The highest BCUT2D eigenvalue weighted by Crippen LogP contribution is 2.21. The van der Waals surface area contributed by atoms with Gasteiger partial charge in [-0.05, 0) is 62.8 Å². The summed E-state index contributed by atoms with van der Waals surface area (Å²) in [5.41, 5.74) is 4.00. The summed E-state index contributed by atoms with van der Waals surface area (Å²) in [7, 11) is 0. The van der Waals surface area contributed by atoms with Crippen LogP contribution in [0, 0.1) is 32.5 Å². The van der Waals surface area contributed by atoms with Crippen molar-refractivity contribution in [2.75, 3.05) is 19.6 Å². The fourth-order valence-corrected chi connectivity index (χ4v) is 4.01. The van der Waals surface area contributed by atoms with E-state index in [1.54, 1.807) is 17.0 Å². The van der Waals surface area contributed by atoms with Gasteiger partial charge in [0.2, 0.25) is 0 Å². The minimum Gasteiger partial charge on any atom is -0.352 e. The number of halogens is 1. The number of piperidine rings is 1. The van der Waals surface area contributed by atoms with Crippen molar-refractivity contribution >= 4 is 11.8 Å². The molecule has 0 spiro atoms. The first-order valence-corrected chi connectivity index (χ1v) is 9.76. The molecule has 0 atom stereocenters. The zero-order valence-corrected chi connectivity index (χ0v) is 16.7. The van der Waals surface area contributed by atoms with Gasteiger partial charge in [0.15, 0.2) is 0 Å². The van der Waals surface area contributed by atoms with Crippen molar-refractivity contribution in [3.05, 3.63) is 70.0 Å². The van der Waals surface area contributed by atoms with Crippen LogP contribution in [0.2, 0.25) is 0 Å². The SMILES string of the molecule is Cc1cc(C)c(C(=O)NCC2CCN(C(=O)c3ccccc3F)CC2)c(C)c1. The third-order valence-corrected chi connectivity index (χ3v) is 5.46. The Kier molecular flexibility index (Phi) is 6.12. The number of aryl methyl sites for hydroxylation is 3. The molecule has 0 saturated carbocycles. The second kappa shape index (κ2) is 8.55. The molecule has 1 fully saturated rings. The van der Waals surface area contributed by atoms with Gasteiger partial charge in [-0.15, -0.1) is 0 Å². The van der Waals surface area contributed by atoms with E-state index < -0.39 is 5.82 Å². The molecule has 0 unspecified atom stereocenters. The predicted molar refractivity (Wildman–Crippen MR) is 108 cm³/mol. The molecule has 3 rings (SSSR count). The molecular formula is C23H27FN2O2. The summed E-state index contributed by atoms with van der Waals surface area (Å²) >= 11 is 0. The number of hydrogen-bond acceptors (Lipinski definition) is 2. The molecular weight excluding hydrogens is 355 g/mol. The first-order valence-electron chi connectivity index (χ1n) is 9.76. The summed E-state index contributed by atoms with van der Waals surface area (Å²) < 4.78 is 13.8. The second-order valence-electron chi connectivity index (χ2n) is 7.70. The van der Waals surface area contributed by atoms with Gasteiger partial charge in [0, 0.05) is 25.2 Å². The number of hydrogen-bond donors (Lipinski definition) is 1. The molecule has 2 aromatic carbocycles. The van der Waals surface area contributed by atoms with Crippen molar-refractivity contribution in [3.63, 3.8) is 0 Å². The summed E-state index contributed by atoms with van der Waals surface area (Å²) in [4.78, 5) is 26.8. The van der Waals surface area contributed by atoms with Crippen molar-refractivity contribution in [3.8, 4) is 0 Å². The molecule has 0 bridgehead atoms. The van der Waals surface area contributed by atoms with E-state index in [2.05, 4.69) is 5.32 Å². The van der Waals surface area contributed by atoms with E-state index in [1.165, 1.54) is 12.1 Å². The number of rotatable bonds is 4. The van der Waals surface area contributed by atoms with E-state index in [0.29, 0.717) is 25.6 Å². The quantitative estimate of drug-likeness (QED) is 0.868. The van der Waals surface area contributed by atoms with Crippen LogP contribution in [0.3, 0.4) is 0 Å². The first-order chi connectivity index (χ1) is 13.4. The van der Waals surface area contributed by atoms with Gasteiger partial charge < -0.3 is 10.2 Å². The largest absolute Gasteiger partial charge is 0.352 e. The van der Waals surface area contributed by atoms with E-state index >= 15 is 0 Å². The Morgan fingerprint density at radius 1 is 1.07 bits per heavy atom. The zero-order chi connectivity index (χ0) is 20.3. The molecule has 0 radical (unpaired) electrons. The Hall–Kier alpha value is -2.69. The van der Waals surface area contributed by atoms with Crippen molar-refractivity contribution in [1.29, 1.82) is 0 Å². The lowest BCUT2D eigenvalue weighted by molar-refractivity contribution is 0.0679. The Labute approximate surface area is 165 Å². The fourth-order valence-electron chi connectivity index (χ4n) is 4.01. The van der Waals surface area contributed by atoms with Gasteiger partial charge in [0.1, 0.15) is 5.82 Å². The molecule has 1 aliphatic heterocycles. The van der Waals surface area contributed by atoms with Crippen LogP contribution in [0.25, 0.3) is 0 Å². The monoisotopic (exact) mass is 382 g/mol. The molecule has 148 valence electrons. The average Bonchev–Trinajstić information content (AvgIpc) is 2.66. The summed E-state index contributed by atoms with van der Waals surface area (Å²) in [5.74, 6) is -0.461. The molecule has 1 aliphatic rings. The van der Waals surface area contributed by atoms with Crippen LogP contribution >= 0.6 is 0 Å². The van der Waals surface area contributed by atoms with Crippen LogP contribution < -0.4 is 5.32 Å². The molecule has 1 saturated heterocycles. The molecule has 1 N–H and O–H groups in total. The molecule has 4 nitrogen and oxygen atoms in total.